The average molecular weight is 454 g/mol. The van der Waals surface area contributed by atoms with Crippen molar-refractivity contribution < 1.29 is 24.2 Å². The maximum absolute atomic E-state index is 13.0. The summed E-state index contributed by atoms with van der Waals surface area (Å²) in [5.41, 5.74) is 1.57. The molecule has 0 saturated carbocycles. The molecule has 11 nitrogen and oxygen atoms in total. The van der Waals surface area contributed by atoms with Gasteiger partial charge in [0.25, 0.3) is 12.4 Å². The van der Waals surface area contributed by atoms with Gasteiger partial charge in [-0.25, -0.2) is 9.97 Å². The number of aromatic nitrogens is 4. The lowest BCUT2D eigenvalue weighted by atomic mass is 10.1. The Hall–Kier alpha value is -3.73. The van der Waals surface area contributed by atoms with Crippen LogP contribution >= 0.6 is 0 Å². The lowest BCUT2D eigenvalue weighted by Gasteiger charge is -2.31. The van der Waals surface area contributed by atoms with Gasteiger partial charge in [-0.05, 0) is 12.1 Å². The van der Waals surface area contributed by atoms with Crippen LogP contribution in [0.25, 0.3) is 11.2 Å². The average Bonchev–Trinajstić information content (AvgIpc) is 2.98. The molecule has 2 aliphatic rings. The van der Waals surface area contributed by atoms with Gasteiger partial charge in [-0.1, -0.05) is 18.2 Å². The Labute approximate surface area is 190 Å². The van der Waals surface area contributed by atoms with E-state index in [9.17, 15) is 4.79 Å². The van der Waals surface area contributed by atoms with Crippen LogP contribution in [0.2, 0.25) is 0 Å². The fourth-order valence-electron chi connectivity index (χ4n) is 4.11. The summed E-state index contributed by atoms with van der Waals surface area (Å²) in [7, 11) is 1.92. The number of ether oxygens (including phenoxy) is 2. The Morgan fingerprint density at radius 3 is 2.79 bits per heavy atom. The Morgan fingerprint density at radius 1 is 1.21 bits per heavy atom. The Morgan fingerprint density at radius 2 is 2.00 bits per heavy atom. The minimum Gasteiger partial charge on any atom is -0.484 e. The van der Waals surface area contributed by atoms with Crippen LogP contribution in [0.3, 0.4) is 0 Å². The van der Waals surface area contributed by atoms with E-state index in [0.29, 0.717) is 43.6 Å². The smallest absolute Gasteiger partial charge is 0.290 e. The van der Waals surface area contributed by atoms with E-state index in [1.54, 1.807) is 12.5 Å². The number of imidazole rings is 1. The molecule has 2 aliphatic heterocycles. The van der Waals surface area contributed by atoms with Gasteiger partial charge in [0.1, 0.15) is 11.3 Å². The second-order valence-electron chi connectivity index (χ2n) is 7.95. The number of benzene rings is 1. The van der Waals surface area contributed by atoms with E-state index >= 15 is 0 Å². The van der Waals surface area contributed by atoms with Gasteiger partial charge >= 0.3 is 0 Å². The third kappa shape index (κ3) is 5.20. The standard InChI is InChI=1S/C21H24N6O3.CH2O2/c1-25-14-23-20-18(25)7-22-21(24-20)26-8-15-9-27(16(10-26)12-29-11-15)19(28)13-30-17-5-3-2-4-6-17;2-1-3/h2-7,14-16H,8-13H2,1H3;1H,(H,2,3)/t15-,16-;/m0./s1. The largest absolute Gasteiger partial charge is 0.484 e. The second-order valence-corrected chi connectivity index (χ2v) is 7.95. The van der Waals surface area contributed by atoms with Crippen molar-refractivity contribution in [2.45, 2.75) is 6.04 Å². The summed E-state index contributed by atoms with van der Waals surface area (Å²) in [6.07, 6.45) is 3.54. The Bertz CT molecular complexity index is 1090. The molecule has 174 valence electrons. The summed E-state index contributed by atoms with van der Waals surface area (Å²) in [5.74, 6) is 1.50. The van der Waals surface area contributed by atoms with Crippen LogP contribution in [0.1, 0.15) is 0 Å². The van der Waals surface area contributed by atoms with Gasteiger partial charge in [0, 0.05) is 32.6 Å². The molecule has 2 atom stereocenters. The van der Waals surface area contributed by atoms with Crippen molar-refractivity contribution in [2.24, 2.45) is 13.0 Å². The molecular formula is C22H26N6O5. The summed E-state index contributed by atoms with van der Waals surface area (Å²) < 4.78 is 13.4. The maximum Gasteiger partial charge on any atom is 0.290 e. The number of carbonyl (C=O) groups excluding carboxylic acids is 1. The van der Waals surface area contributed by atoms with Crippen molar-refractivity contribution in [1.82, 2.24) is 24.4 Å². The first-order valence-electron chi connectivity index (χ1n) is 10.6. The summed E-state index contributed by atoms with van der Waals surface area (Å²) in [5, 5.41) is 6.89. The van der Waals surface area contributed by atoms with E-state index in [1.807, 2.05) is 46.8 Å². The summed E-state index contributed by atoms with van der Waals surface area (Å²) in [6.45, 7) is 2.87. The first-order chi connectivity index (χ1) is 16.1. The minimum atomic E-state index is -0.250. The molecule has 5 rings (SSSR count). The van der Waals surface area contributed by atoms with E-state index in [-0.39, 0.29) is 30.9 Å². The molecule has 1 N–H and O–H groups in total. The highest BCUT2D eigenvalue weighted by molar-refractivity contribution is 5.78. The summed E-state index contributed by atoms with van der Waals surface area (Å²) in [6, 6.07) is 9.33. The molecule has 2 bridgehead atoms. The minimum absolute atomic E-state index is 0.0175. The fraction of sp³-hybridized carbons (Fsp3) is 0.409. The van der Waals surface area contributed by atoms with Crippen molar-refractivity contribution in [3.8, 4) is 5.75 Å². The van der Waals surface area contributed by atoms with Crippen LogP contribution in [0.15, 0.2) is 42.9 Å². The van der Waals surface area contributed by atoms with Crippen molar-refractivity contribution in [3.63, 3.8) is 0 Å². The van der Waals surface area contributed by atoms with E-state index in [4.69, 9.17) is 19.4 Å². The van der Waals surface area contributed by atoms with E-state index < -0.39 is 0 Å². The number of anilines is 1. The highest BCUT2D eigenvalue weighted by atomic mass is 16.5. The van der Waals surface area contributed by atoms with Gasteiger partial charge in [0.15, 0.2) is 12.3 Å². The van der Waals surface area contributed by atoms with E-state index in [0.717, 1.165) is 12.1 Å². The molecule has 0 aliphatic carbocycles. The van der Waals surface area contributed by atoms with E-state index in [1.165, 1.54) is 0 Å². The van der Waals surface area contributed by atoms with Crippen LogP contribution < -0.4 is 9.64 Å². The predicted octanol–water partition coefficient (Wildman–Crippen LogP) is 0.807. The Balaban J connectivity index is 0.000000821. The second kappa shape index (κ2) is 10.3. The number of rotatable bonds is 4. The third-order valence-electron chi connectivity index (χ3n) is 5.65. The summed E-state index contributed by atoms with van der Waals surface area (Å²) in [4.78, 5) is 38.9. The molecule has 33 heavy (non-hydrogen) atoms. The zero-order chi connectivity index (χ0) is 23.2. The zero-order valence-electron chi connectivity index (χ0n) is 18.3. The van der Waals surface area contributed by atoms with Crippen LogP contribution in [-0.4, -0.2) is 87.4 Å². The molecule has 2 aromatic heterocycles. The van der Waals surface area contributed by atoms with Crippen molar-refractivity contribution in [2.75, 3.05) is 44.4 Å². The van der Waals surface area contributed by atoms with Crippen LogP contribution in [0.4, 0.5) is 5.95 Å². The van der Waals surface area contributed by atoms with Gasteiger partial charge in [-0.2, -0.15) is 4.98 Å². The molecule has 0 unspecified atom stereocenters. The normalized spacial score (nSPS) is 19.9. The lowest BCUT2D eigenvalue weighted by molar-refractivity contribution is -0.135. The summed E-state index contributed by atoms with van der Waals surface area (Å²) >= 11 is 0. The lowest BCUT2D eigenvalue weighted by Crippen LogP contribution is -2.48. The quantitative estimate of drug-likeness (QED) is 0.570. The highest BCUT2D eigenvalue weighted by Gasteiger charge is 2.36. The molecule has 1 aromatic carbocycles. The monoisotopic (exact) mass is 454 g/mol. The number of hydrogen-bond donors (Lipinski definition) is 1. The van der Waals surface area contributed by atoms with Crippen LogP contribution in [0, 0.1) is 5.92 Å². The number of carbonyl (C=O) groups is 2. The molecule has 0 radical (unpaired) electrons. The van der Waals surface area contributed by atoms with Crippen LogP contribution in [-0.2, 0) is 21.4 Å². The number of fused-ring (bicyclic) bond motifs is 4. The van der Waals surface area contributed by atoms with Gasteiger partial charge < -0.3 is 28.9 Å². The first-order valence-corrected chi connectivity index (χ1v) is 10.6. The van der Waals surface area contributed by atoms with Crippen molar-refractivity contribution in [3.05, 3.63) is 42.9 Å². The molecule has 2 saturated heterocycles. The third-order valence-corrected chi connectivity index (χ3v) is 5.65. The van der Waals surface area contributed by atoms with Gasteiger partial charge in [-0.15, -0.1) is 0 Å². The van der Waals surface area contributed by atoms with Crippen molar-refractivity contribution >= 4 is 29.5 Å². The van der Waals surface area contributed by atoms with Crippen molar-refractivity contribution in [1.29, 1.82) is 0 Å². The predicted molar refractivity (Wildman–Crippen MR) is 119 cm³/mol. The SMILES string of the molecule is Cn1cnc2nc(N3C[C@@H]4COC[C@H](C3)N(C(=O)COc3ccccc3)C4)ncc21.O=CO. The molecule has 1 amide bonds. The highest BCUT2D eigenvalue weighted by Crippen LogP contribution is 2.24. The molecular weight excluding hydrogens is 428 g/mol. The zero-order valence-corrected chi connectivity index (χ0v) is 18.3. The van der Waals surface area contributed by atoms with E-state index in [2.05, 4.69) is 19.9 Å². The number of aryl methyl sites for hydroxylation is 1. The molecule has 3 aromatic rings. The maximum atomic E-state index is 13.0. The fourth-order valence-corrected chi connectivity index (χ4v) is 4.11. The molecule has 11 heteroatoms. The number of nitrogens with zero attached hydrogens (tertiary/aromatic N) is 6. The number of para-hydroxylation sites is 1. The first kappa shape index (κ1) is 22.5. The van der Waals surface area contributed by atoms with Crippen LogP contribution in [0.5, 0.6) is 5.75 Å². The number of amides is 1. The topological polar surface area (TPSA) is 123 Å². The molecule has 2 fully saturated rings. The number of hydrogen-bond acceptors (Lipinski definition) is 8. The number of carboxylic acid groups (broad SMARTS) is 1. The Kier molecular flexibility index (Phi) is 6.98. The van der Waals surface area contributed by atoms with Gasteiger partial charge in [-0.3, -0.25) is 9.59 Å². The van der Waals surface area contributed by atoms with Gasteiger partial charge in [0.2, 0.25) is 5.95 Å². The molecule has 0 spiro atoms. The molecule has 4 heterocycles. The van der Waals surface area contributed by atoms with Gasteiger partial charge in [0.05, 0.1) is 31.8 Å².